The van der Waals surface area contributed by atoms with Gasteiger partial charge in [-0.2, -0.15) is 0 Å². The molecule has 2 N–H and O–H groups in total. The van der Waals surface area contributed by atoms with Gasteiger partial charge < -0.3 is 10.1 Å². The first-order valence-electron chi connectivity index (χ1n) is 7.45. The van der Waals surface area contributed by atoms with Crippen LogP contribution in [0.15, 0.2) is 6.07 Å². The number of thiophene rings is 1. The van der Waals surface area contributed by atoms with Crippen LogP contribution in [0.3, 0.4) is 0 Å². The Morgan fingerprint density at radius 3 is 2.71 bits per heavy atom. The van der Waals surface area contributed by atoms with Gasteiger partial charge in [0, 0.05) is 6.04 Å². The number of ether oxygens (including phenoxy) is 1. The van der Waals surface area contributed by atoms with E-state index in [2.05, 4.69) is 10.6 Å². The minimum Gasteiger partial charge on any atom is -0.462 e. The Morgan fingerprint density at radius 2 is 2.05 bits per heavy atom. The molecule has 0 radical (unpaired) electrons. The van der Waals surface area contributed by atoms with Gasteiger partial charge in [0.2, 0.25) is 0 Å². The third-order valence-corrected chi connectivity index (χ3v) is 4.69. The summed E-state index contributed by atoms with van der Waals surface area (Å²) >= 11 is 1.25. The standard InChI is InChI=1S/C15H22N2O3S/c1-3-20-14(18)13-10(2)9-12(21-13)17-15(19)16-11-7-5-4-6-8-11/h9,11H,3-8H2,1-2H3,(H2,16,17,19). The highest BCUT2D eigenvalue weighted by Gasteiger charge is 2.18. The summed E-state index contributed by atoms with van der Waals surface area (Å²) < 4.78 is 4.99. The van der Waals surface area contributed by atoms with Crippen LogP contribution in [0.25, 0.3) is 0 Å². The number of amides is 2. The lowest BCUT2D eigenvalue weighted by Gasteiger charge is -2.22. The molecule has 1 aliphatic carbocycles. The Hall–Kier alpha value is -1.56. The average molecular weight is 310 g/mol. The summed E-state index contributed by atoms with van der Waals surface area (Å²) in [5, 5.41) is 6.47. The number of hydrogen-bond acceptors (Lipinski definition) is 4. The van der Waals surface area contributed by atoms with Gasteiger partial charge in [0.05, 0.1) is 11.6 Å². The van der Waals surface area contributed by atoms with Crippen LogP contribution >= 0.6 is 11.3 Å². The fourth-order valence-corrected chi connectivity index (χ4v) is 3.48. The van der Waals surface area contributed by atoms with Gasteiger partial charge in [-0.05, 0) is 38.3 Å². The average Bonchev–Trinajstić information content (AvgIpc) is 2.80. The molecule has 1 fully saturated rings. The Balaban J connectivity index is 1.91. The predicted molar refractivity (Wildman–Crippen MR) is 84.0 cm³/mol. The van der Waals surface area contributed by atoms with Crippen molar-refractivity contribution in [1.82, 2.24) is 5.32 Å². The van der Waals surface area contributed by atoms with E-state index in [0.29, 0.717) is 16.5 Å². The zero-order valence-electron chi connectivity index (χ0n) is 12.5. The molecule has 0 aliphatic heterocycles. The number of nitrogens with one attached hydrogen (secondary N) is 2. The molecule has 2 amide bonds. The van der Waals surface area contributed by atoms with Crippen LogP contribution in [0.1, 0.15) is 54.3 Å². The second-order valence-electron chi connectivity index (χ2n) is 5.28. The van der Waals surface area contributed by atoms with Crippen molar-refractivity contribution in [3.8, 4) is 0 Å². The monoisotopic (exact) mass is 310 g/mol. The van der Waals surface area contributed by atoms with E-state index in [-0.39, 0.29) is 18.0 Å². The first-order chi connectivity index (χ1) is 10.1. The largest absolute Gasteiger partial charge is 0.462 e. The third kappa shape index (κ3) is 4.46. The van der Waals surface area contributed by atoms with Crippen LogP contribution in [-0.4, -0.2) is 24.6 Å². The van der Waals surface area contributed by atoms with Crippen molar-refractivity contribution in [3.63, 3.8) is 0 Å². The fourth-order valence-electron chi connectivity index (χ4n) is 2.52. The quantitative estimate of drug-likeness (QED) is 0.833. The molecule has 1 aliphatic rings. The van der Waals surface area contributed by atoms with Crippen LogP contribution < -0.4 is 10.6 Å². The first kappa shape index (κ1) is 15.8. The molecular formula is C15H22N2O3S. The molecule has 21 heavy (non-hydrogen) atoms. The van der Waals surface area contributed by atoms with Gasteiger partial charge in [-0.15, -0.1) is 11.3 Å². The molecule has 0 bridgehead atoms. The lowest BCUT2D eigenvalue weighted by atomic mass is 9.96. The number of esters is 1. The molecule has 0 atom stereocenters. The highest BCUT2D eigenvalue weighted by molar-refractivity contribution is 7.18. The van der Waals surface area contributed by atoms with E-state index in [9.17, 15) is 9.59 Å². The van der Waals surface area contributed by atoms with E-state index in [4.69, 9.17) is 4.74 Å². The van der Waals surface area contributed by atoms with E-state index in [1.165, 1.54) is 30.6 Å². The van der Waals surface area contributed by atoms with Gasteiger partial charge in [-0.1, -0.05) is 19.3 Å². The van der Waals surface area contributed by atoms with Gasteiger partial charge >= 0.3 is 12.0 Å². The SMILES string of the molecule is CCOC(=O)c1sc(NC(=O)NC2CCCCC2)cc1C. The van der Waals surface area contributed by atoms with Crippen molar-refractivity contribution in [3.05, 3.63) is 16.5 Å². The highest BCUT2D eigenvalue weighted by atomic mass is 32.1. The van der Waals surface area contributed by atoms with E-state index in [0.717, 1.165) is 18.4 Å². The summed E-state index contributed by atoms with van der Waals surface area (Å²) in [4.78, 5) is 24.3. The topological polar surface area (TPSA) is 67.4 Å². The van der Waals surface area contributed by atoms with Gasteiger partial charge in [0.25, 0.3) is 0 Å². The number of urea groups is 1. The van der Waals surface area contributed by atoms with Crippen LogP contribution in [0.5, 0.6) is 0 Å². The zero-order valence-corrected chi connectivity index (χ0v) is 13.3. The van der Waals surface area contributed by atoms with Crippen LogP contribution in [0.4, 0.5) is 9.80 Å². The Kier molecular flexibility index (Phi) is 5.61. The third-order valence-electron chi connectivity index (χ3n) is 3.56. The van der Waals surface area contributed by atoms with Crippen molar-refractivity contribution in [2.75, 3.05) is 11.9 Å². The molecular weight excluding hydrogens is 288 g/mol. The van der Waals surface area contributed by atoms with Crippen LogP contribution in [0, 0.1) is 6.92 Å². The zero-order chi connectivity index (χ0) is 15.2. The van der Waals surface area contributed by atoms with Crippen molar-refractivity contribution >= 4 is 28.3 Å². The summed E-state index contributed by atoms with van der Waals surface area (Å²) in [5.41, 5.74) is 0.825. The summed E-state index contributed by atoms with van der Waals surface area (Å²) in [5.74, 6) is -0.333. The number of rotatable bonds is 4. The normalized spacial score (nSPS) is 15.5. The fraction of sp³-hybridized carbons (Fsp3) is 0.600. The Morgan fingerprint density at radius 1 is 1.33 bits per heavy atom. The smallest absolute Gasteiger partial charge is 0.348 e. The molecule has 0 aromatic carbocycles. The highest BCUT2D eigenvalue weighted by Crippen LogP contribution is 2.27. The number of carbonyl (C=O) groups is 2. The number of hydrogen-bond donors (Lipinski definition) is 2. The summed E-state index contributed by atoms with van der Waals surface area (Å²) in [7, 11) is 0. The van der Waals surface area contributed by atoms with E-state index in [1.807, 2.05) is 6.92 Å². The second kappa shape index (κ2) is 7.45. The summed E-state index contributed by atoms with van der Waals surface area (Å²) in [6.07, 6.45) is 5.70. The second-order valence-corrected chi connectivity index (χ2v) is 6.33. The molecule has 0 spiro atoms. The van der Waals surface area contributed by atoms with Gasteiger partial charge in [-0.3, -0.25) is 5.32 Å². The molecule has 0 saturated heterocycles. The van der Waals surface area contributed by atoms with Crippen LogP contribution in [-0.2, 0) is 4.74 Å². The van der Waals surface area contributed by atoms with Crippen molar-refractivity contribution < 1.29 is 14.3 Å². The number of aryl methyl sites for hydroxylation is 1. The Bertz CT molecular complexity index is 507. The van der Waals surface area contributed by atoms with Crippen LogP contribution in [0.2, 0.25) is 0 Å². The van der Waals surface area contributed by atoms with Gasteiger partial charge in [-0.25, -0.2) is 9.59 Å². The molecule has 116 valence electrons. The molecule has 5 nitrogen and oxygen atoms in total. The van der Waals surface area contributed by atoms with E-state index in [1.54, 1.807) is 13.0 Å². The lowest BCUT2D eigenvalue weighted by Crippen LogP contribution is -2.38. The molecule has 1 saturated carbocycles. The van der Waals surface area contributed by atoms with E-state index >= 15 is 0 Å². The molecule has 1 heterocycles. The van der Waals surface area contributed by atoms with E-state index < -0.39 is 0 Å². The predicted octanol–water partition coefficient (Wildman–Crippen LogP) is 3.69. The van der Waals surface area contributed by atoms with Crippen molar-refractivity contribution in [2.45, 2.75) is 52.0 Å². The number of anilines is 1. The maximum atomic E-state index is 12.0. The minimum atomic E-state index is -0.333. The Labute approximate surface area is 129 Å². The minimum absolute atomic E-state index is 0.196. The summed E-state index contributed by atoms with van der Waals surface area (Å²) in [6.45, 7) is 3.96. The molecule has 0 unspecified atom stereocenters. The summed E-state index contributed by atoms with van der Waals surface area (Å²) in [6, 6.07) is 1.88. The lowest BCUT2D eigenvalue weighted by molar-refractivity contribution is 0.0531. The molecule has 6 heteroatoms. The molecule has 2 rings (SSSR count). The molecule has 1 aromatic rings. The maximum Gasteiger partial charge on any atom is 0.348 e. The van der Waals surface area contributed by atoms with Gasteiger partial charge in [0.15, 0.2) is 0 Å². The van der Waals surface area contributed by atoms with Crippen molar-refractivity contribution in [2.24, 2.45) is 0 Å². The number of carbonyl (C=O) groups excluding carboxylic acids is 2. The van der Waals surface area contributed by atoms with Crippen molar-refractivity contribution in [1.29, 1.82) is 0 Å². The molecule has 1 aromatic heterocycles. The first-order valence-corrected chi connectivity index (χ1v) is 8.27. The van der Waals surface area contributed by atoms with Gasteiger partial charge in [0.1, 0.15) is 4.88 Å². The maximum absolute atomic E-state index is 12.0.